The summed E-state index contributed by atoms with van der Waals surface area (Å²) in [6.45, 7) is 5.20. The van der Waals surface area contributed by atoms with Crippen LogP contribution in [0.25, 0.3) is 10.9 Å². The molecule has 42 heavy (non-hydrogen) atoms. The van der Waals surface area contributed by atoms with E-state index < -0.39 is 35.7 Å². The van der Waals surface area contributed by atoms with E-state index in [0.29, 0.717) is 5.69 Å². The highest BCUT2D eigenvalue weighted by molar-refractivity contribution is 5.91. The maximum Gasteiger partial charge on any atom is 0.412 e. The van der Waals surface area contributed by atoms with Gasteiger partial charge in [-0.1, -0.05) is 48.5 Å². The number of para-hydroxylation sites is 1. The second-order valence-electron chi connectivity index (χ2n) is 10.9. The molecule has 0 aliphatic heterocycles. The number of carbonyl (C=O) groups excluding carboxylic acids is 3. The van der Waals surface area contributed by atoms with E-state index in [1.54, 1.807) is 33.2 Å². The number of fused-ring (bicyclic) bond motifs is 1. The third-order valence-electron chi connectivity index (χ3n) is 6.52. The molecular weight excluding hydrogens is 538 g/mol. The number of H-pyrrole nitrogens is 2. The fourth-order valence-electron chi connectivity index (χ4n) is 4.50. The second-order valence-corrected chi connectivity index (χ2v) is 10.9. The maximum atomic E-state index is 14.0. The molecule has 0 aliphatic rings. The largest absolute Gasteiger partial charge is 0.467 e. The van der Waals surface area contributed by atoms with E-state index in [2.05, 4.69) is 20.3 Å². The number of amides is 2. The van der Waals surface area contributed by atoms with Crippen molar-refractivity contribution in [3.8, 4) is 0 Å². The SMILES string of the molecule is COC(=O)[C@H](Cc1c[nH]c2ccccc12)NC(=O)[C@H](Cc1cnc[nH]1)N(COCc1ccccc1)C(=O)OC(C)(C)C. The van der Waals surface area contributed by atoms with Gasteiger partial charge in [0.2, 0.25) is 5.91 Å². The van der Waals surface area contributed by atoms with Crippen LogP contribution in [0, 0.1) is 0 Å². The summed E-state index contributed by atoms with van der Waals surface area (Å²) < 4.78 is 16.6. The van der Waals surface area contributed by atoms with Gasteiger partial charge in [-0.3, -0.25) is 9.69 Å². The molecule has 2 aromatic heterocycles. The lowest BCUT2D eigenvalue weighted by atomic mass is 10.0. The van der Waals surface area contributed by atoms with Gasteiger partial charge in [0.25, 0.3) is 0 Å². The van der Waals surface area contributed by atoms with Crippen molar-refractivity contribution in [3.05, 3.63) is 90.1 Å². The lowest BCUT2D eigenvalue weighted by molar-refractivity contribution is -0.146. The summed E-state index contributed by atoms with van der Waals surface area (Å²) in [4.78, 5) is 51.8. The summed E-state index contributed by atoms with van der Waals surface area (Å²) in [7, 11) is 1.27. The average Bonchev–Trinajstić information content (AvgIpc) is 3.63. The smallest absolute Gasteiger partial charge is 0.412 e. The summed E-state index contributed by atoms with van der Waals surface area (Å²) in [5.74, 6) is -1.19. The quantitative estimate of drug-likeness (QED) is 0.171. The van der Waals surface area contributed by atoms with E-state index >= 15 is 0 Å². The van der Waals surface area contributed by atoms with Crippen molar-refractivity contribution in [1.29, 1.82) is 0 Å². The average molecular weight is 576 g/mol. The van der Waals surface area contributed by atoms with Crippen molar-refractivity contribution in [2.75, 3.05) is 13.8 Å². The van der Waals surface area contributed by atoms with Crippen LogP contribution in [0.15, 0.2) is 73.3 Å². The predicted octanol–water partition coefficient (Wildman–Crippen LogP) is 4.11. The Labute approximate surface area is 244 Å². The van der Waals surface area contributed by atoms with Gasteiger partial charge in [0.15, 0.2) is 0 Å². The Balaban J connectivity index is 1.61. The van der Waals surface area contributed by atoms with E-state index in [0.717, 1.165) is 22.0 Å². The van der Waals surface area contributed by atoms with Crippen LogP contribution in [-0.2, 0) is 43.2 Å². The third kappa shape index (κ3) is 8.20. The monoisotopic (exact) mass is 575 g/mol. The number of nitrogens with zero attached hydrogens (tertiary/aromatic N) is 2. The Morgan fingerprint density at radius 1 is 1.00 bits per heavy atom. The van der Waals surface area contributed by atoms with Crippen LogP contribution in [0.1, 0.15) is 37.6 Å². The first kappa shape index (κ1) is 30.3. The Bertz CT molecular complexity index is 1460. The number of hydrogen-bond acceptors (Lipinski definition) is 7. The first-order valence-corrected chi connectivity index (χ1v) is 13.7. The lowest BCUT2D eigenvalue weighted by Gasteiger charge is -2.33. The minimum absolute atomic E-state index is 0.0702. The van der Waals surface area contributed by atoms with Gasteiger partial charge in [0, 0.05) is 41.8 Å². The van der Waals surface area contributed by atoms with Gasteiger partial charge in [-0.15, -0.1) is 0 Å². The van der Waals surface area contributed by atoms with Crippen molar-refractivity contribution >= 4 is 28.9 Å². The molecule has 2 atom stereocenters. The molecule has 0 fully saturated rings. The van der Waals surface area contributed by atoms with Crippen molar-refractivity contribution < 1.29 is 28.6 Å². The normalized spacial score (nSPS) is 12.9. The van der Waals surface area contributed by atoms with Gasteiger partial charge < -0.3 is 29.5 Å². The molecule has 2 aromatic carbocycles. The maximum absolute atomic E-state index is 14.0. The number of aromatic nitrogens is 3. The van der Waals surface area contributed by atoms with Crippen LogP contribution < -0.4 is 5.32 Å². The molecular formula is C31H37N5O6. The fourth-order valence-corrected chi connectivity index (χ4v) is 4.50. The molecule has 0 saturated heterocycles. The number of carbonyl (C=O) groups is 3. The molecule has 4 rings (SSSR count). The summed E-state index contributed by atoms with van der Waals surface area (Å²) >= 11 is 0. The standard InChI is InChI=1S/C31H37N5O6/c1-31(2,3)42-30(39)36(20-41-18-21-10-6-5-7-11-21)27(15-23-17-32-19-34-23)28(37)35-26(29(38)40-4)14-22-16-33-25-13-9-8-12-24(22)25/h5-13,16-17,19,26-27,33H,14-15,18,20H2,1-4H3,(H,32,34)(H,35,37)/t26-,27-/m0/s1. The number of hydrogen-bond donors (Lipinski definition) is 3. The zero-order chi connectivity index (χ0) is 30.1. The fraction of sp³-hybridized carbons (Fsp3) is 0.355. The van der Waals surface area contributed by atoms with E-state index in [9.17, 15) is 14.4 Å². The zero-order valence-electron chi connectivity index (χ0n) is 24.3. The molecule has 4 aromatic rings. The molecule has 11 heteroatoms. The Kier molecular flexibility index (Phi) is 9.98. The molecule has 0 unspecified atom stereocenters. The van der Waals surface area contributed by atoms with Crippen molar-refractivity contribution in [3.63, 3.8) is 0 Å². The number of ether oxygens (including phenoxy) is 3. The minimum atomic E-state index is -1.11. The molecule has 222 valence electrons. The number of esters is 1. The van der Waals surface area contributed by atoms with Crippen LogP contribution in [0.5, 0.6) is 0 Å². The van der Waals surface area contributed by atoms with Gasteiger partial charge in [0.1, 0.15) is 24.4 Å². The van der Waals surface area contributed by atoms with Gasteiger partial charge in [-0.25, -0.2) is 14.6 Å². The second kappa shape index (κ2) is 13.8. The van der Waals surface area contributed by atoms with Crippen LogP contribution in [0.4, 0.5) is 4.79 Å². The minimum Gasteiger partial charge on any atom is -0.467 e. The van der Waals surface area contributed by atoms with Crippen LogP contribution >= 0.6 is 0 Å². The molecule has 2 heterocycles. The first-order chi connectivity index (χ1) is 20.1. The summed E-state index contributed by atoms with van der Waals surface area (Å²) in [5, 5.41) is 3.75. The molecule has 0 aliphatic carbocycles. The topological polar surface area (TPSA) is 139 Å². The number of imidazole rings is 1. The summed E-state index contributed by atoms with van der Waals surface area (Å²) in [5.41, 5.74) is 2.43. The molecule has 11 nitrogen and oxygen atoms in total. The highest BCUT2D eigenvalue weighted by Crippen LogP contribution is 2.20. The lowest BCUT2D eigenvalue weighted by Crippen LogP contribution is -2.56. The molecule has 0 spiro atoms. The third-order valence-corrected chi connectivity index (χ3v) is 6.52. The van der Waals surface area contributed by atoms with Crippen LogP contribution in [0.3, 0.4) is 0 Å². The number of methoxy groups -OCH3 is 1. The van der Waals surface area contributed by atoms with E-state index in [-0.39, 0.29) is 26.2 Å². The predicted molar refractivity (Wildman–Crippen MR) is 156 cm³/mol. The highest BCUT2D eigenvalue weighted by atomic mass is 16.6. The molecule has 3 N–H and O–H groups in total. The van der Waals surface area contributed by atoms with Crippen molar-refractivity contribution in [2.24, 2.45) is 0 Å². The van der Waals surface area contributed by atoms with Gasteiger partial charge in [-0.05, 0) is 38.0 Å². The van der Waals surface area contributed by atoms with E-state index in [1.807, 2.05) is 54.6 Å². The summed E-state index contributed by atoms with van der Waals surface area (Å²) in [6.07, 6.45) is 4.38. The zero-order valence-corrected chi connectivity index (χ0v) is 24.3. The number of nitrogens with one attached hydrogen (secondary N) is 3. The van der Waals surface area contributed by atoms with E-state index in [4.69, 9.17) is 14.2 Å². The molecule has 0 radical (unpaired) electrons. The first-order valence-electron chi connectivity index (χ1n) is 13.7. The summed E-state index contributed by atoms with van der Waals surface area (Å²) in [6, 6.07) is 15.0. The molecule has 2 amide bonds. The Morgan fingerprint density at radius 2 is 1.74 bits per heavy atom. The van der Waals surface area contributed by atoms with Crippen molar-refractivity contribution in [2.45, 2.75) is 57.9 Å². The number of rotatable bonds is 12. The van der Waals surface area contributed by atoms with Gasteiger partial charge in [-0.2, -0.15) is 0 Å². The molecule has 0 saturated carbocycles. The van der Waals surface area contributed by atoms with Crippen molar-refractivity contribution in [1.82, 2.24) is 25.2 Å². The highest BCUT2D eigenvalue weighted by Gasteiger charge is 2.36. The number of benzene rings is 2. The number of aromatic amines is 2. The Morgan fingerprint density at radius 3 is 2.43 bits per heavy atom. The van der Waals surface area contributed by atoms with Gasteiger partial charge in [0.05, 0.1) is 20.0 Å². The van der Waals surface area contributed by atoms with Crippen LogP contribution in [0.2, 0.25) is 0 Å². The van der Waals surface area contributed by atoms with E-state index in [1.165, 1.54) is 18.3 Å². The molecule has 0 bridgehead atoms. The van der Waals surface area contributed by atoms with Crippen LogP contribution in [-0.4, -0.2) is 69.3 Å². The van der Waals surface area contributed by atoms with Gasteiger partial charge >= 0.3 is 12.1 Å². The Hall–Kier alpha value is -4.64.